The monoisotopic (exact) mass is 204 g/mol. The van der Waals surface area contributed by atoms with E-state index in [1.807, 2.05) is 37.9 Å². The third-order valence-corrected chi connectivity index (χ3v) is 3.16. The van der Waals surface area contributed by atoms with E-state index < -0.39 is 5.54 Å². The maximum Gasteiger partial charge on any atom is 0.249 e. The highest BCUT2D eigenvalue weighted by molar-refractivity contribution is 6.06. The molecule has 1 heterocycles. The fraction of sp³-hybridized carbons (Fsp3) is 0.417. The molecule has 0 aliphatic carbocycles. The number of rotatable bonds is 0. The second-order valence-electron chi connectivity index (χ2n) is 4.59. The van der Waals surface area contributed by atoms with Crippen molar-refractivity contribution in [3.63, 3.8) is 0 Å². The van der Waals surface area contributed by atoms with Crippen molar-refractivity contribution in [1.82, 2.24) is 0 Å². The number of anilines is 2. The van der Waals surface area contributed by atoms with Crippen molar-refractivity contribution in [3.05, 3.63) is 23.8 Å². The number of benzene rings is 1. The molecule has 1 aromatic carbocycles. The molecule has 15 heavy (non-hydrogen) atoms. The summed E-state index contributed by atoms with van der Waals surface area (Å²) in [5.74, 6) is 0.0429. The Bertz CT molecular complexity index is 424. The number of aryl methyl sites for hydroxylation is 1. The van der Waals surface area contributed by atoms with Crippen LogP contribution < -0.4 is 10.2 Å². The Morgan fingerprint density at radius 3 is 2.67 bits per heavy atom. The first-order chi connectivity index (χ1) is 6.93. The maximum atomic E-state index is 11.8. The molecule has 0 atom stereocenters. The van der Waals surface area contributed by atoms with E-state index >= 15 is 0 Å². The molecule has 0 radical (unpaired) electrons. The first-order valence-electron chi connectivity index (χ1n) is 5.09. The van der Waals surface area contributed by atoms with Gasteiger partial charge in [0, 0.05) is 7.05 Å². The highest BCUT2D eigenvalue weighted by Crippen LogP contribution is 2.35. The molecule has 0 bridgehead atoms. The number of hydrogen-bond acceptors (Lipinski definition) is 2. The highest BCUT2D eigenvalue weighted by atomic mass is 16.2. The van der Waals surface area contributed by atoms with Crippen molar-refractivity contribution in [3.8, 4) is 0 Å². The van der Waals surface area contributed by atoms with Crippen molar-refractivity contribution in [2.75, 3.05) is 17.3 Å². The predicted molar refractivity (Wildman–Crippen MR) is 62.3 cm³/mol. The first-order valence-corrected chi connectivity index (χ1v) is 5.09. The van der Waals surface area contributed by atoms with Crippen LogP contribution in [0.4, 0.5) is 11.4 Å². The van der Waals surface area contributed by atoms with Gasteiger partial charge in [-0.2, -0.15) is 0 Å². The lowest BCUT2D eigenvalue weighted by Gasteiger charge is -2.41. The van der Waals surface area contributed by atoms with Gasteiger partial charge in [-0.3, -0.25) is 4.79 Å². The minimum atomic E-state index is -0.485. The summed E-state index contributed by atoms with van der Waals surface area (Å²) in [6, 6.07) is 6.05. The zero-order chi connectivity index (χ0) is 11.2. The summed E-state index contributed by atoms with van der Waals surface area (Å²) in [6.07, 6.45) is 0. The molecule has 1 aliphatic heterocycles. The van der Waals surface area contributed by atoms with Crippen LogP contribution in [0.2, 0.25) is 0 Å². The summed E-state index contributed by atoms with van der Waals surface area (Å²) < 4.78 is 0. The lowest BCUT2D eigenvalue weighted by Crippen LogP contribution is -2.54. The molecule has 0 unspecified atom stereocenters. The summed E-state index contributed by atoms with van der Waals surface area (Å²) >= 11 is 0. The molecule has 0 aromatic heterocycles. The SMILES string of the molecule is Cc1ccc2c(c1)N(C)C(C)(C)C(=O)N2. The molecule has 3 heteroatoms. The lowest BCUT2D eigenvalue weighted by molar-refractivity contribution is -0.120. The van der Waals surface area contributed by atoms with Crippen LogP contribution in [0.25, 0.3) is 0 Å². The Labute approximate surface area is 90.1 Å². The van der Waals surface area contributed by atoms with Crippen LogP contribution >= 0.6 is 0 Å². The summed E-state index contributed by atoms with van der Waals surface area (Å²) in [4.78, 5) is 13.8. The van der Waals surface area contributed by atoms with E-state index in [1.54, 1.807) is 0 Å². The van der Waals surface area contributed by atoms with Gasteiger partial charge in [-0.25, -0.2) is 0 Å². The molecule has 1 aliphatic rings. The topological polar surface area (TPSA) is 32.3 Å². The average Bonchev–Trinajstić information content (AvgIpc) is 2.17. The van der Waals surface area contributed by atoms with Crippen LogP contribution in [0, 0.1) is 6.92 Å². The number of nitrogens with zero attached hydrogens (tertiary/aromatic N) is 1. The van der Waals surface area contributed by atoms with Crippen LogP contribution in [0.5, 0.6) is 0 Å². The number of carbonyl (C=O) groups is 1. The van der Waals surface area contributed by atoms with Gasteiger partial charge in [-0.1, -0.05) is 6.07 Å². The van der Waals surface area contributed by atoms with Crippen molar-refractivity contribution >= 4 is 17.3 Å². The van der Waals surface area contributed by atoms with E-state index in [-0.39, 0.29) is 5.91 Å². The number of nitrogens with one attached hydrogen (secondary N) is 1. The molecule has 1 aromatic rings. The van der Waals surface area contributed by atoms with Crippen molar-refractivity contribution in [1.29, 1.82) is 0 Å². The summed E-state index contributed by atoms with van der Waals surface area (Å²) in [6.45, 7) is 5.90. The van der Waals surface area contributed by atoms with Gasteiger partial charge < -0.3 is 10.2 Å². The normalized spacial score (nSPS) is 18.4. The Morgan fingerprint density at radius 1 is 1.33 bits per heavy atom. The van der Waals surface area contributed by atoms with E-state index in [1.165, 1.54) is 5.56 Å². The molecular weight excluding hydrogens is 188 g/mol. The Balaban J connectivity index is 2.57. The minimum Gasteiger partial charge on any atom is -0.359 e. The van der Waals surface area contributed by atoms with Crippen molar-refractivity contribution < 1.29 is 4.79 Å². The number of carbonyl (C=O) groups excluding carboxylic acids is 1. The molecule has 0 saturated carbocycles. The van der Waals surface area contributed by atoms with Gasteiger partial charge in [0.2, 0.25) is 5.91 Å². The number of likely N-dealkylation sites (N-methyl/N-ethyl adjacent to an activating group) is 1. The van der Waals surface area contributed by atoms with Gasteiger partial charge in [0.05, 0.1) is 11.4 Å². The molecule has 1 N–H and O–H groups in total. The van der Waals surface area contributed by atoms with Crippen molar-refractivity contribution in [2.45, 2.75) is 26.3 Å². The third kappa shape index (κ3) is 1.39. The quantitative estimate of drug-likeness (QED) is 0.702. The van der Waals surface area contributed by atoms with E-state index in [9.17, 15) is 4.79 Å². The smallest absolute Gasteiger partial charge is 0.249 e. The lowest BCUT2D eigenvalue weighted by atomic mass is 9.97. The minimum absolute atomic E-state index is 0.0429. The summed E-state index contributed by atoms with van der Waals surface area (Å²) in [5.41, 5.74) is 2.69. The molecule has 1 amide bonds. The van der Waals surface area contributed by atoms with Crippen LogP contribution in [-0.4, -0.2) is 18.5 Å². The predicted octanol–water partition coefficient (Wildman–Crippen LogP) is 2.16. The second-order valence-corrected chi connectivity index (χ2v) is 4.59. The van der Waals surface area contributed by atoms with E-state index in [4.69, 9.17) is 0 Å². The van der Waals surface area contributed by atoms with Gasteiger partial charge in [-0.15, -0.1) is 0 Å². The van der Waals surface area contributed by atoms with Gasteiger partial charge >= 0.3 is 0 Å². The van der Waals surface area contributed by atoms with Gasteiger partial charge in [-0.05, 0) is 38.5 Å². The van der Waals surface area contributed by atoms with Gasteiger partial charge in [0.1, 0.15) is 5.54 Å². The van der Waals surface area contributed by atoms with E-state index in [0.29, 0.717) is 0 Å². The zero-order valence-corrected chi connectivity index (χ0v) is 9.59. The molecular formula is C12H16N2O. The van der Waals surface area contributed by atoms with Crippen LogP contribution in [0.1, 0.15) is 19.4 Å². The largest absolute Gasteiger partial charge is 0.359 e. The van der Waals surface area contributed by atoms with Crippen LogP contribution in [0.3, 0.4) is 0 Å². The summed E-state index contributed by atoms with van der Waals surface area (Å²) in [5, 5.41) is 2.93. The first kappa shape index (κ1) is 10.0. The number of amides is 1. The van der Waals surface area contributed by atoms with Gasteiger partial charge in [0.25, 0.3) is 0 Å². The molecule has 80 valence electrons. The van der Waals surface area contributed by atoms with E-state index in [2.05, 4.69) is 18.3 Å². The maximum absolute atomic E-state index is 11.8. The van der Waals surface area contributed by atoms with Gasteiger partial charge in [0.15, 0.2) is 0 Å². The Morgan fingerprint density at radius 2 is 2.00 bits per heavy atom. The van der Waals surface area contributed by atoms with Crippen molar-refractivity contribution in [2.24, 2.45) is 0 Å². The summed E-state index contributed by atoms with van der Waals surface area (Å²) in [7, 11) is 1.96. The average molecular weight is 204 g/mol. The standard InChI is InChI=1S/C12H16N2O/c1-8-5-6-9-10(7-8)14(4)12(2,3)11(15)13-9/h5-7H,1-4H3,(H,13,15). The molecule has 0 fully saturated rings. The van der Waals surface area contributed by atoms with Crippen LogP contribution in [-0.2, 0) is 4.79 Å². The zero-order valence-electron chi connectivity index (χ0n) is 9.59. The second kappa shape index (κ2) is 2.99. The fourth-order valence-corrected chi connectivity index (χ4v) is 1.75. The Hall–Kier alpha value is -1.51. The molecule has 3 nitrogen and oxygen atoms in total. The van der Waals surface area contributed by atoms with E-state index in [0.717, 1.165) is 11.4 Å². The van der Waals surface area contributed by atoms with Crippen LogP contribution in [0.15, 0.2) is 18.2 Å². The molecule has 0 saturated heterocycles. The number of hydrogen-bond donors (Lipinski definition) is 1. The molecule has 2 rings (SSSR count). The highest BCUT2D eigenvalue weighted by Gasteiger charge is 2.37. The molecule has 0 spiro atoms. The fourth-order valence-electron chi connectivity index (χ4n) is 1.75. The Kier molecular flexibility index (Phi) is 2.00. The number of fused-ring (bicyclic) bond motifs is 1. The third-order valence-electron chi connectivity index (χ3n) is 3.16.